The van der Waals surface area contributed by atoms with Gasteiger partial charge in [0.25, 0.3) is 0 Å². The molecular weight excluding hydrogens is 304 g/mol. The largest absolute Gasteiger partial charge is 0.464 e. The van der Waals surface area contributed by atoms with Gasteiger partial charge in [0.05, 0.1) is 19.0 Å². The van der Waals surface area contributed by atoms with Gasteiger partial charge < -0.3 is 19.6 Å². The van der Waals surface area contributed by atoms with Crippen LogP contribution in [0.3, 0.4) is 0 Å². The zero-order valence-corrected chi connectivity index (χ0v) is 13.3. The molecule has 0 bridgehead atoms. The van der Waals surface area contributed by atoms with Crippen LogP contribution in [0.25, 0.3) is 21.9 Å². The number of carbonyl (C=O) groups is 1. The fourth-order valence-corrected chi connectivity index (χ4v) is 2.81. The minimum Gasteiger partial charge on any atom is -0.464 e. The highest BCUT2D eigenvalue weighted by molar-refractivity contribution is 5.94. The van der Waals surface area contributed by atoms with E-state index < -0.39 is 5.97 Å². The van der Waals surface area contributed by atoms with Crippen molar-refractivity contribution in [2.75, 3.05) is 19.1 Å². The Labute approximate surface area is 138 Å². The zero-order chi connectivity index (χ0) is 16.7. The standard InChI is InChI=1S/C18H16N4O2/c1-22(13-3-4-15-11(7-13)5-6-19-15)14-8-12-9-16(18(23)24-2)21-17(12)20-10-14/h3-10,19H,1-2H3,(H,20,21). The van der Waals surface area contributed by atoms with Crippen molar-refractivity contribution in [3.8, 4) is 0 Å². The van der Waals surface area contributed by atoms with Gasteiger partial charge in [0.15, 0.2) is 0 Å². The van der Waals surface area contributed by atoms with Gasteiger partial charge in [0.2, 0.25) is 0 Å². The molecular formula is C18H16N4O2. The maximum atomic E-state index is 11.6. The number of pyridine rings is 1. The molecule has 24 heavy (non-hydrogen) atoms. The molecule has 0 amide bonds. The summed E-state index contributed by atoms with van der Waals surface area (Å²) in [7, 11) is 3.35. The Morgan fingerprint density at radius 3 is 2.79 bits per heavy atom. The number of carbonyl (C=O) groups excluding carboxylic acids is 1. The quantitative estimate of drug-likeness (QED) is 0.566. The van der Waals surface area contributed by atoms with Crippen LogP contribution in [0.4, 0.5) is 11.4 Å². The topological polar surface area (TPSA) is 74.0 Å². The van der Waals surface area contributed by atoms with E-state index in [1.165, 1.54) is 7.11 Å². The van der Waals surface area contributed by atoms with E-state index in [1.54, 1.807) is 12.3 Å². The molecule has 6 heteroatoms. The number of benzene rings is 1. The Kier molecular flexibility index (Phi) is 3.23. The minimum absolute atomic E-state index is 0.397. The second-order valence-corrected chi connectivity index (χ2v) is 5.61. The molecule has 0 saturated heterocycles. The predicted molar refractivity (Wildman–Crippen MR) is 93.8 cm³/mol. The van der Waals surface area contributed by atoms with Gasteiger partial charge in [-0.2, -0.15) is 0 Å². The molecule has 2 N–H and O–H groups in total. The first-order valence-corrected chi connectivity index (χ1v) is 7.53. The number of aromatic nitrogens is 3. The highest BCUT2D eigenvalue weighted by Gasteiger charge is 2.12. The highest BCUT2D eigenvalue weighted by Crippen LogP contribution is 2.28. The van der Waals surface area contributed by atoms with E-state index in [9.17, 15) is 4.79 Å². The van der Waals surface area contributed by atoms with E-state index in [0.717, 1.165) is 27.7 Å². The number of hydrogen-bond acceptors (Lipinski definition) is 4. The van der Waals surface area contributed by atoms with Crippen molar-refractivity contribution < 1.29 is 9.53 Å². The van der Waals surface area contributed by atoms with E-state index in [0.29, 0.717) is 11.3 Å². The number of methoxy groups -OCH3 is 1. The van der Waals surface area contributed by atoms with E-state index in [4.69, 9.17) is 4.74 Å². The first-order chi connectivity index (χ1) is 11.7. The lowest BCUT2D eigenvalue weighted by molar-refractivity contribution is 0.0595. The summed E-state index contributed by atoms with van der Waals surface area (Å²) in [5, 5.41) is 2.02. The molecule has 0 spiro atoms. The van der Waals surface area contributed by atoms with Crippen LogP contribution in [-0.2, 0) is 4.74 Å². The number of nitrogens with one attached hydrogen (secondary N) is 2. The monoisotopic (exact) mass is 320 g/mol. The SMILES string of the molecule is COC(=O)c1cc2cc(N(C)c3ccc4[nH]ccc4c3)cnc2[nH]1. The lowest BCUT2D eigenvalue weighted by atomic mass is 10.2. The summed E-state index contributed by atoms with van der Waals surface area (Å²) in [6.07, 6.45) is 3.71. The smallest absolute Gasteiger partial charge is 0.354 e. The van der Waals surface area contributed by atoms with Crippen LogP contribution in [0, 0.1) is 0 Å². The van der Waals surface area contributed by atoms with Crippen molar-refractivity contribution in [2.45, 2.75) is 0 Å². The van der Waals surface area contributed by atoms with Gasteiger partial charge in [0, 0.05) is 35.2 Å². The molecule has 120 valence electrons. The fourth-order valence-electron chi connectivity index (χ4n) is 2.81. The van der Waals surface area contributed by atoms with Gasteiger partial charge in [0.1, 0.15) is 11.3 Å². The Morgan fingerprint density at radius 1 is 1.12 bits per heavy atom. The molecule has 3 heterocycles. The van der Waals surface area contributed by atoms with Gasteiger partial charge >= 0.3 is 5.97 Å². The molecule has 0 atom stereocenters. The van der Waals surface area contributed by atoms with Gasteiger partial charge in [-0.3, -0.25) is 0 Å². The number of H-pyrrole nitrogens is 2. The number of aromatic amines is 2. The molecule has 6 nitrogen and oxygen atoms in total. The summed E-state index contributed by atoms with van der Waals surface area (Å²) < 4.78 is 4.73. The molecule has 0 unspecified atom stereocenters. The molecule has 0 radical (unpaired) electrons. The summed E-state index contributed by atoms with van der Waals surface area (Å²) >= 11 is 0. The van der Waals surface area contributed by atoms with Gasteiger partial charge in [-0.25, -0.2) is 9.78 Å². The Bertz CT molecular complexity index is 1050. The number of esters is 1. The van der Waals surface area contributed by atoms with Crippen LogP contribution in [0.2, 0.25) is 0 Å². The van der Waals surface area contributed by atoms with Crippen molar-refractivity contribution in [3.05, 3.63) is 54.5 Å². The Hall–Kier alpha value is -3.28. The van der Waals surface area contributed by atoms with Gasteiger partial charge in [-0.05, 0) is 36.4 Å². The Morgan fingerprint density at radius 2 is 1.96 bits per heavy atom. The molecule has 0 aliphatic rings. The number of fused-ring (bicyclic) bond motifs is 2. The second kappa shape index (κ2) is 5.42. The number of ether oxygens (including phenoxy) is 1. The maximum absolute atomic E-state index is 11.6. The molecule has 0 aliphatic carbocycles. The molecule has 4 aromatic rings. The van der Waals surface area contributed by atoms with E-state index in [2.05, 4.69) is 38.1 Å². The van der Waals surface area contributed by atoms with Crippen molar-refractivity contribution in [3.63, 3.8) is 0 Å². The molecule has 0 aliphatic heterocycles. The normalized spacial score (nSPS) is 11.1. The van der Waals surface area contributed by atoms with E-state index in [-0.39, 0.29) is 0 Å². The molecule has 1 aromatic carbocycles. The van der Waals surface area contributed by atoms with Crippen LogP contribution in [0.15, 0.2) is 48.8 Å². The van der Waals surface area contributed by atoms with Crippen molar-refractivity contribution in [2.24, 2.45) is 0 Å². The van der Waals surface area contributed by atoms with Crippen LogP contribution < -0.4 is 4.90 Å². The van der Waals surface area contributed by atoms with Crippen molar-refractivity contribution in [1.82, 2.24) is 15.0 Å². The average Bonchev–Trinajstić information content (AvgIpc) is 3.25. The lowest BCUT2D eigenvalue weighted by Crippen LogP contribution is -2.09. The summed E-state index contributed by atoms with van der Waals surface area (Å²) in [6, 6.07) is 12.0. The van der Waals surface area contributed by atoms with Crippen molar-refractivity contribution in [1.29, 1.82) is 0 Å². The highest BCUT2D eigenvalue weighted by atomic mass is 16.5. The van der Waals surface area contributed by atoms with Crippen LogP contribution in [-0.4, -0.2) is 35.1 Å². The lowest BCUT2D eigenvalue weighted by Gasteiger charge is -2.19. The average molecular weight is 320 g/mol. The fraction of sp³-hybridized carbons (Fsp3) is 0.111. The summed E-state index contributed by atoms with van der Waals surface area (Å²) in [6.45, 7) is 0. The maximum Gasteiger partial charge on any atom is 0.354 e. The van der Waals surface area contributed by atoms with Crippen molar-refractivity contribution >= 4 is 39.3 Å². The third-order valence-corrected chi connectivity index (χ3v) is 4.17. The molecule has 0 fully saturated rings. The molecule has 0 saturated carbocycles. The summed E-state index contributed by atoms with van der Waals surface area (Å²) in [5.41, 5.74) is 4.16. The molecule has 3 aromatic heterocycles. The zero-order valence-electron chi connectivity index (χ0n) is 13.3. The third kappa shape index (κ3) is 2.28. The van der Waals surface area contributed by atoms with Crippen LogP contribution >= 0.6 is 0 Å². The van der Waals surface area contributed by atoms with Gasteiger partial charge in [-0.15, -0.1) is 0 Å². The minimum atomic E-state index is -0.402. The summed E-state index contributed by atoms with van der Waals surface area (Å²) in [5.74, 6) is -0.402. The third-order valence-electron chi connectivity index (χ3n) is 4.17. The van der Waals surface area contributed by atoms with E-state index >= 15 is 0 Å². The molecule has 4 rings (SSSR count). The van der Waals surface area contributed by atoms with E-state index in [1.807, 2.05) is 25.4 Å². The number of rotatable bonds is 3. The Balaban J connectivity index is 1.73. The number of anilines is 2. The number of hydrogen-bond donors (Lipinski definition) is 2. The summed E-state index contributed by atoms with van der Waals surface area (Å²) in [4.78, 5) is 24.2. The first-order valence-electron chi connectivity index (χ1n) is 7.53. The second-order valence-electron chi connectivity index (χ2n) is 5.61. The van der Waals surface area contributed by atoms with Crippen LogP contribution in [0.1, 0.15) is 10.5 Å². The van der Waals surface area contributed by atoms with Gasteiger partial charge in [-0.1, -0.05) is 0 Å². The first kappa shape index (κ1) is 14.3. The number of nitrogens with zero attached hydrogens (tertiary/aromatic N) is 2. The predicted octanol–water partition coefficient (Wildman–Crippen LogP) is 3.60. The van der Waals surface area contributed by atoms with Crippen LogP contribution in [0.5, 0.6) is 0 Å².